The van der Waals surface area contributed by atoms with Crippen LogP contribution in [0, 0.1) is 5.82 Å². The molecular weight excluding hydrogens is 343 g/mol. The smallest absolute Gasteiger partial charge is 0.255 e. The molecule has 0 radical (unpaired) electrons. The van der Waals surface area contributed by atoms with E-state index in [9.17, 15) is 9.18 Å². The summed E-state index contributed by atoms with van der Waals surface area (Å²) in [6.45, 7) is 2.01. The van der Waals surface area contributed by atoms with Gasteiger partial charge in [0, 0.05) is 36.0 Å². The average molecular weight is 362 g/mol. The highest BCUT2D eigenvalue weighted by Crippen LogP contribution is 2.24. The summed E-state index contributed by atoms with van der Waals surface area (Å²) in [5.74, 6) is 0.223. The van der Waals surface area contributed by atoms with Crippen LogP contribution in [-0.2, 0) is 0 Å². The van der Waals surface area contributed by atoms with Gasteiger partial charge in [0.05, 0.1) is 5.69 Å². The number of hydrogen-bond donors (Lipinski definition) is 1. The van der Waals surface area contributed by atoms with E-state index in [0.29, 0.717) is 11.3 Å². The first-order valence-corrected chi connectivity index (χ1v) is 8.93. The zero-order valence-electron chi connectivity index (χ0n) is 14.7. The molecule has 1 saturated heterocycles. The molecule has 0 aliphatic carbocycles. The number of carbonyl (C=O) groups is 1. The molecule has 1 amide bonds. The van der Waals surface area contributed by atoms with Crippen LogP contribution in [0.15, 0.2) is 60.9 Å². The van der Waals surface area contributed by atoms with Gasteiger partial charge in [-0.1, -0.05) is 18.2 Å². The predicted octanol–water partition coefficient (Wildman–Crippen LogP) is 4.14. The molecule has 2 heterocycles. The normalized spacial score (nSPS) is 13.6. The highest BCUT2D eigenvalue weighted by molar-refractivity contribution is 6.04. The van der Waals surface area contributed by atoms with E-state index in [4.69, 9.17) is 0 Å². The van der Waals surface area contributed by atoms with E-state index < -0.39 is 5.82 Å². The maximum atomic E-state index is 13.3. The van der Waals surface area contributed by atoms with Crippen molar-refractivity contribution in [2.75, 3.05) is 23.3 Å². The Bertz CT molecular complexity index is 970. The Hall–Kier alpha value is -3.28. The summed E-state index contributed by atoms with van der Waals surface area (Å²) in [6.07, 6.45) is 3.91. The number of aromatic nitrogens is 2. The van der Waals surface area contributed by atoms with E-state index in [1.165, 1.54) is 25.0 Å². The standard InChI is InChI=1S/C21H19FN4O/c22-17-7-4-8-18(12-17)25-21(27)16-6-3-5-15(11-16)19-13-20(24-14-23-19)26-9-1-2-10-26/h3-8,11-14H,1-2,9-10H2,(H,25,27). The second-order valence-electron chi connectivity index (χ2n) is 6.50. The number of hydrogen-bond acceptors (Lipinski definition) is 4. The van der Waals surface area contributed by atoms with Crippen molar-refractivity contribution in [2.24, 2.45) is 0 Å². The first-order valence-electron chi connectivity index (χ1n) is 8.93. The lowest BCUT2D eigenvalue weighted by Gasteiger charge is -2.16. The van der Waals surface area contributed by atoms with Crippen molar-refractivity contribution in [1.82, 2.24) is 9.97 Å². The number of benzene rings is 2. The molecular formula is C21H19FN4O. The van der Waals surface area contributed by atoms with Crippen LogP contribution in [-0.4, -0.2) is 29.0 Å². The molecule has 4 rings (SSSR count). The highest BCUT2D eigenvalue weighted by Gasteiger charge is 2.15. The minimum atomic E-state index is -0.392. The molecule has 0 atom stereocenters. The molecule has 5 nitrogen and oxygen atoms in total. The van der Waals surface area contributed by atoms with Crippen LogP contribution < -0.4 is 10.2 Å². The van der Waals surface area contributed by atoms with Gasteiger partial charge in [-0.15, -0.1) is 0 Å². The number of nitrogens with zero attached hydrogens (tertiary/aromatic N) is 3. The Morgan fingerprint density at radius 2 is 1.81 bits per heavy atom. The first-order chi connectivity index (χ1) is 13.2. The summed E-state index contributed by atoms with van der Waals surface area (Å²) in [5.41, 5.74) is 2.51. The maximum absolute atomic E-state index is 13.3. The molecule has 2 aromatic carbocycles. The fraction of sp³-hybridized carbons (Fsp3) is 0.190. The van der Waals surface area contributed by atoms with Crippen molar-refractivity contribution < 1.29 is 9.18 Å². The lowest BCUT2D eigenvalue weighted by molar-refractivity contribution is 0.102. The fourth-order valence-electron chi connectivity index (χ4n) is 3.21. The molecule has 1 fully saturated rings. The third kappa shape index (κ3) is 3.95. The van der Waals surface area contributed by atoms with E-state index in [1.54, 1.807) is 30.6 Å². The van der Waals surface area contributed by atoms with Crippen molar-refractivity contribution in [3.8, 4) is 11.3 Å². The Morgan fingerprint density at radius 3 is 2.63 bits per heavy atom. The Morgan fingerprint density at radius 1 is 1.00 bits per heavy atom. The molecule has 3 aromatic rings. The average Bonchev–Trinajstić information content (AvgIpc) is 3.23. The molecule has 1 aromatic heterocycles. The number of anilines is 2. The van der Waals surface area contributed by atoms with Crippen molar-refractivity contribution in [3.05, 3.63) is 72.3 Å². The number of halogens is 1. The first kappa shape index (κ1) is 17.1. The summed E-state index contributed by atoms with van der Waals surface area (Å²) in [4.78, 5) is 23.5. The van der Waals surface area contributed by atoms with Gasteiger partial charge in [-0.3, -0.25) is 4.79 Å². The Balaban J connectivity index is 1.57. The topological polar surface area (TPSA) is 58.1 Å². The van der Waals surface area contributed by atoms with Gasteiger partial charge in [0.2, 0.25) is 0 Å². The zero-order valence-corrected chi connectivity index (χ0v) is 14.7. The van der Waals surface area contributed by atoms with Gasteiger partial charge >= 0.3 is 0 Å². The lowest BCUT2D eigenvalue weighted by Crippen LogP contribution is -2.19. The van der Waals surface area contributed by atoms with Crippen LogP contribution in [0.4, 0.5) is 15.9 Å². The number of amides is 1. The monoisotopic (exact) mass is 362 g/mol. The minimum absolute atomic E-state index is 0.295. The molecule has 6 heteroatoms. The van der Waals surface area contributed by atoms with Crippen LogP contribution in [0.2, 0.25) is 0 Å². The fourth-order valence-corrected chi connectivity index (χ4v) is 3.21. The molecule has 0 bridgehead atoms. The zero-order chi connectivity index (χ0) is 18.6. The van der Waals surface area contributed by atoms with Gasteiger partial charge in [0.25, 0.3) is 5.91 Å². The quantitative estimate of drug-likeness (QED) is 0.758. The van der Waals surface area contributed by atoms with E-state index in [-0.39, 0.29) is 5.91 Å². The lowest BCUT2D eigenvalue weighted by atomic mass is 10.1. The van der Waals surface area contributed by atoms with Gasteiger partial charge in [-0.2, -0.15) is 0 Å². The second kappa shape index (κ2) is 7.53. The van der Waals surface area contributed by atoms with Gasteiger partial charge in [-0.25, -0.2) is 14.4 Å². The van der Waals surface area contributed by atoms with E-state index in [1.807, 2.05) is 18.2 Å². The molecule has 1 aliphatic heterocycles. The third-order valence-electron chi connectivity index (χ3n) is 4.59. The number of carbonyl (C=O) groups excluding carboxylic acids is 1. The van der Waals surface area contributed by atoms with Gasteiger partial charge in [-0.05, 0) is 43.2 Å². The van der Waals surface area contributed by atoms with E-state index in [2.05, 4.69) is 20.2 Å². The largest absolute Gasteiger partial charge is 0.357 e. The number of rotatable bonds is 4. The predicted molar refractivity (Wildman–Crippen MR) is 103 cm³/mol. The summed E-state index contributed by atoms with van der Waals surface area (Å²) in [7, 11) is 0. The molecule has 27 heavy (non-hydrogen) atoms. The van der Waals surface area contributed by atoms with Gasteiger partial charge in [0.15, 0.2) is 0 Å². The maximum Gasteiger partial charge on any atom is 0.255 e. The molecule has 136 valence electrons. The van der Waals surface area contributed by atoms with Crippen LogP contribution in [0.1, 0.15) is 23.2 Å². The Labute approximate surface area is 156 Å². The van der Waals surface area contributed by atoms with Crippen LogP contribution in [0.3, 0.4) is 0 Å². The summed E-state index contributed by atoms with van der Waals surface area (Å²) in [5, 5.41) is 2.71. The molecule has 0 saturated carbocycles. The van der Waals surface area contributed by atoms with Crippen molar-refractivity contribution in [1.29, 1.82) is 0 Å². The number of nitrogens with one attached hydrogen (secondary N) is 1. The SMILES string of the molecule is O=C(Nc1cccc(F)c1)c1cccc(-c2cc(N3CCCC3)ncn2)c1. The van der Waals surface area contributed by atoms with Crippen molar-refractivity contribution in [2.45, 2.75) is 12.8 Å². The van der Waals surface area contributed by atoms with Gasteiger partial charge in [0.1, 0.15) is 18.0 Å². The van der Waals surface area contributed by atoms with Crippen LogP contribution in [0.25, 0.3) is 11.3 Å². The Kier molecular flexibility index (Phi) is 4.78. The third-order valence-corrected chi connectivity index (χ3v) is 4.59. The minimum Gasteiger partial charge on any atom is -0.357 e. The van der Waals surface area contributed by atoms with Gasteiger partial charge < -0.3 is 10.2 Å². The highest BCUT2D eigenvalue weighted by atomic mass is 19.1. The molecule has 0 spiro atoms. The second-order valence-corrected chi connectivity index (χ2v) is 6.50. The molecule has 1 N–H and O–H groups in total. The van der Waals surface area contributed by atoms with E-state index in [0.717, 1.165) is 30.2 Å². The molecule has 1 aliphatic rings. The van der Waals surface area contributed by atoms with Crippen LogP contribution >= 0.6 is 0 Å². The van der Waals surface area contributed by atoms with Crippen molar-refractivity contribution >= 4 is 17.4 Å². The van der Waals surface area contributed by atoms with E-state index >= 15 is 0 Å². The van der Waals surface area contributed by atoms with Crippen molar-refractivity contribution in [3.63, 3.8) is 0 Å². The summed E-state index contributed by atoms with van der Waals surface area (Å²) in [6, 6.07) is 15.0. The summed E-state index contributed by atoms with van der Waals surface area (Å²) >= 11 is 0. The van der Waals surface area contributed by atoms with Crippen LogP contribution in [0.5, 0.6) is 0 Å². The molecule has 0 unspecified atom stereocenters. The summed E-state index contributed by atoms with van der Waals surface area (Å²) < 4.78 is 13.3.